The predicted molar refractivity (Wildman–Crippen MR) is 216 cm³/mol. The number of ether oxygens (including phenoxy) is 5. The van der Waals surface area contributed by atoms with Gasteiger partial charge in [0.1, 0.15) is 13.6 Å². The van der Waals surface area contributed by atoms with Crippen LogP contribution >= 0.6 is 0 Å². The molecule has 0 bridgehead atoms. The highest BCUT2D eigenvalue weighted by atomic mass is 28.4. The van der Waals surface area contributed by atoms with Gasteiger partial charge in [0.25, 0.3) is 8.32 Å². The van der Waals surface area contributed by atoms with E-state index in [1.165, 1.54) is 13.2 Å². The summed E-state index contributed by atoms with van der Waals surface area (Å²) < 4.78 is 37.9. The molecule has 0 aliphatic carbocycles. The van der Waals surface area contributed by atoms with Crippen LogP contribution in [0.3, 0.4) is 0 Å². The zero-order chi connectivity index (χ0) is 38.1. The average molecular weight is 745 g/mol. The van der Waals surface area contributed by atoms with Crippen LogP contribution in [-0.2, 0) is 46.1 Å². The number of methoxy groups -OCH3 is 1. The van der Waals surface area contributed by atoms with Crippen molar-refractivity contribution in [2.24, 2.45) is 0 Å². The zero-order valence-corrected chi connectivity index (χ0v) is 32.7. The second-order valence-electron chi connectivity index (χ2n) is 14.0. The van der Waals surface area contributed by atoms with Crippen molar-refractivity contribution < 1.29 is 32.9 Å². The smallest absolute Gasteiger partial charge is 0.330 e. The normalized spacial score (nSPS) is 13.7. The Hall–Kier alpha value is -4.67. The quantitative estimate of drug-likeness (QED) is 0.0262. The molecule has 0 aliphatic heterocycles. The Labute approximate surface area is 321 Å². The summed E-state index contributed by atoms with van der Waals surface area (Å²) in [4.78, 5) is 12.5. The fourth-order valence-electron chi connectivity index (χ4n) is 6.77. The molecule has 7 nitrogen and oxygen atoms in total. The van der Waals surface area contributed by atoms with E-state index in [1.54, 1.807) is 6.08 Å². The molecule has 0 saturated carbocycles. The molecule has 282 valence electrons. The lowest BCUT2D eigenvalue weighted by Crippen LogP contribution is -2.67. The molecule has 0 aromatic heterocycles. The maximum absolute atomic E-state index is 12.5. The molecule has 0 fully saturated rings. The van der Waals surface area contributed by atoms with Crippen LogP contribution in [0.25, 0.3) is 0 Å². The predicted octanol–water partition coefficient (Wildman–Crippen LogP) is 8.20. The largest absolute Gasteiger partial charge is 0.466 e. The maximum Gasteiger partial charge on any atom is 0.330 e. The van der Waals surface area contributed by atoms with Crippen LogP contribution in [0.5, 0.6) is 0 Å². The van der Waals surface area contributed by atoms with Crippen LogP contribution in [0.1, 0.15) is 43.4 Å². The molecule has 5 rings (SSSR count). The van der Waals surface area contributed by atoms with Gasteiger partial charge in [-0.2, -0.15) is 0 Å². The van der Waals surface area contributed by atoms with Crippen molar-refractivity contribution in [3.8, 4) is 0 Å². The standard InChI is InChI=1S/C46H52O7Si/c1-46(2,3)54(40-26-16-8-17-27-40,41-28-18-9-19-29-41)53-34-43(52-36-50-33-38-22-12-6-13-23-38)45(39-24-14-7-15-25-39)42(30-31-44(47)48-4)51-35-49-32-37-20-10-5-11-21-37/h5-31,42-43,45H,32-36H2,1-4H3/b31-30+/t42-,43-,45+/m1/s1. The Morgan fingerprint density at radius 3 is 1.54 bits per heavy atom. The lowest BCUT2D eigenvalue weighted by molar-refractivity contribution is -0.141. The van der Waals surface area contributed by atoms with Crippen LogP contribution in [0.15, 0.2) is 164 Å². The highest BCUT2D eigenvalue weighted by Gasteiger charge is 2.51. The van der Waals surface area contributed by atoms with Gasteiger partial charge >= 0.3 is 5.97 Å². The van der Waals surface area contributed by atoms with Gasteiger partial charge in [0, 0.05) is 12.0 Å². The molecule has 3 atom stereocenters. The molecule has 8 heteroatoms. The molecule has 0 unspecified atom stereocenters. The van der Waals surface area contributed by atoms with E-state index in [-0.39, 0.29) is 25.2 Å². The van der Waals surface area contributed by atoms with Gasteiger partial charge in [-0.15, -0.1) is 0 Å². The average Bonchev–Trinajstić information content (AvgIpc) is 3.21. The van der Waals surface area contributed by atoms with Crippen molar-refractivity contribution in [2.45, 2.75) is 57.1 Å². The van der Waals surface area contributed by atoms with E-state index in [0.717, 1.165) is 27.1 Å². The van der Waals surface area contributed by atoms with Crippen molar-refractivity contribution in [1.82, 2.24) is 0 Å². The van der Waals surface area contributed by atoms with E-state index < -0.39 is 32.4 Å². The third kappa shape index (κ3) is 11.2. The topological polar surface area (TPSA) is 72.5 Å². The lowest BCUT2D eigenvalue weighted by atomic mass is 9.88. The molecular weight excluding hydrogens is 693 g/mol. The van der Waals surface area contributed by atoms with Gasteiger partial charge in [0.2, 0.25) is 0 Å². The highest BCUT2D eigenvalue weighted by Crippen LogP contribution is 2.38. The summed E-state index contributed by atoms with van der Waals surface area (Å²) in [5.41, 5.74) is 3.01. The van der Waals surface area contributed by atoms with Gasteiger partial charge in [-0.25, -0.2) is 4.79 Å². The zero-order valence-electron chi connectivity index (χ0n) is 31.7. The second-order valence-corrected chi connectivity index (χ2v) is 18.3. The van der Waals surface area contributed by atoms with Crippen molar-refractivity contribution >= 4 is 24.7 Å². The van der Waals surface area contributed by atoms with Crippen LogP contribution in [-0.4, -0.2) is 53.8 Å². The molecule has 0 amide bonds. The SMILES string of the molecule is COC(=O)/C=C/[C@@H](OCOCc1ccccc1)[C@H](c1ccccc1)[C@@H](CO[Si](c1ccccc1)(c1ccccc1)C(C)(C)C)OCOCc1ccccc1. The van der Waals surface area contributed by atoms with Gasteiger partial charge < -0.3 is 28.1 Å². The molecule has 54 heavy (non-hydrogen) atoms. The molecule has 0 N–H and O–H groups in total. The van der Waals surface area contributed by atoms with Crippen molar-refractivity contribution in [3.63, 3.8) is 0 Å². The summed E-state index contributed by atoms with van der Waals surface area (Å²) in [6.45, 7) is 7.69. The third-order valence-corrected chi connectivity index (χ3v) is 14.4. The Balaban J connectivity index is 1.53. The van der Waals surface area contributed by atoms with E-state index in [4.69, 9.17) is 28.1 Å². The fourth-order valence-corrected chi connectivity index (χ4v) is 11.3. The first-order valence-electron chi connectivity index (χ1n) is 18.3. The molecule has 0 heterocycles. The number of esters is 1. The number of carbonyl (C=O) groups excluding carboxylic acids is 1. The van der Waals surface area contributed by atoms with Crippen LogP contribution in [0, 0.1) is 0 Å². The van der Waals surface area contributed by atoms with E-state index in [1.807, 2.05) is 103 Å². The fraction of sp³-hybridized carbons (Fsp3) is 0.283. The van der Waals surface area contributed by atoms with Gasteiger partial charge in [0.15, 0.2) is 0 Å². The molecule has 0 saturated heterocycles. The van der Waals surface area contributed by atoms with E-state index in [2.05, 4.69) is 69.3 Å². The van der Waals surface area contributed by atoms with E-state index in [0.29, 0.717) is 13.2 Å². The Bertz CT molecular complexity index is 1780. The first-order valence-corrected chi connectivity index (χ1v) is 20.3. The van der Waals surface area contributed by atoms with Crippen molar-refractivity contribution in [1.29, 1.82) is 0 Å². The molecule has 0 spiro atoms. The first kappa shape index (κ1) is 40.5. The van der Waals surface area contributed by atoms with Gasteiger partial charge in [-0.3, -0.25) is 0 Å². The summed E-state index contributed by atoms with van der Waals surface area (Å²) >= 11 is 0. The number of carbonyl (C=O) groups is 1. The number of rotatable bonds is 20. The maximum atomic E-state index is 12.5. The summed E-state index contributed by atoms with van der Waals surface area (Å²) in [5.74, 6) is -0.946. The molecule has 5 aromatic rings. The summed E-state index contributed by atoms with van der Waals surface area (Å²) in [7, 11) is -1.63. The minimum absolute atomic E-state index is 0.00491. The van der Waals surface area contributed by atoms with E-state index >= 15 is 0 Å². The Morgan fingerprint density at radius 1 is 0.630 bits per heavy atom. The van der Waals surface area contributed by atoms with Gasteiger partial charge in [-0.05, 0) is 38.2 Å². The molecule has 0 radical (unpaired) electrons. The van der Waals surface area contributed by atoms with Crippen LogP contribution < -0.4 is 10.4 Å². The van der Waals surface area contributed by atoms with Gasteiger partial charge in [0.05, 0.1) is 39.1 Å². The summed E-state index contributed by atoms with van der Waals surface area (Å²) in [5, 5.41) is 2.05. The number of benzene rings is 5. The van der Waals surface area contributed by atoms with E-state index in [9.17, 15) is 4.79 Å². The molecular formula is C46H52O7Si. The van der Waals surface area contributed by atoms with Crippen molar-refractivity contribution in [2.75, 3.05) is 27.3 Å². The lowest BCUT2D eigenvalue weighted by Gasteiger charge is -2.44. The summed E-state index contributed by atoms with van der Waals surface area (Å²) in [6.07, 6.45) is 1.85. The molecule has 0 aliphatic rings. The minimum Gasteiger partial charge on any atom is -0.466 e. The van der Waals surface area contributed by atoms with Gasteiger partial charge in [-0.1, -0.05) is 172 Å². The third-order valence-electron chi connectivity index (χ3n) is 9.38. The Morgan fingerprint density at radius 2 is 1.07 bits per heavy atom. The number of hydrogen-bond donors (Lipinski definition) is 0. The summed E-state index contributed by atoms with van der Waals surface area (Å²) in [6, 6.07) is 51.0. The molecule has 5 aromatic carbocycles. The highest BCUT2D eigenvalue weighted by molar-refractivity contribution is 6.99. The van der Waals surface area contributed by atoms with Crippen molar-refractivity contribution in [3.05, 3.63) is 181 Å². The first-order chi connectivity index (χ1) is 26.3. The minimum atomic E-state index is -2.98. The number of hydrogen-bond acceptors (Lipinski definition) is 7. The monoisotopic (exact) mass is 744 g/mol. The van der Waals surface area contributed by atoms with Crippen LogP contribution in [0.2, 0.25) is 5.04 Å². The Kier molecular flexibility index (Phi) is 15.5. The second kappa shape index (κ2) is 20.7. The van der Waals surface area contributed by atoms with Crippen LogP contribution in [0.4, 0.5) is 0 Å².